The third-order valence-corrected chi connectivity index (χ3v) is 0.714. The van der Waals surface area contributed by atoms with Crippen LogP contribution in [0.3, 0.4) is 0 Å². The first kappa shape index (κ1) is 24.2. The summed E-state index contributed by atoms with van der Waals surface area (Å²) in [7, 11) is 0. The van der Waals surface area contributed by atoms with Gasteiger partial charge in [-0.1, -0.05) is 13.2 Å². The molecule has 1 N–H and O–H groups in total. The standard InChI is InChI=1S/2C4H6O2.C2H4.K/c2*1-3(2)4(5)6;1-2;/h2*1H2,2H3,(H,5,6);1-2H2;/q;;;+1/p-1. The number of aliphatic carboxylic acids is 2. The molecule has 0 amide bonds. The van der Waals surface area contributed by atoms with Gasteiger partial charge in [-0.25, -0.2) is 4.79 Å². The number of rotatable bonds is 2. The number of hydrogen-bond donors (Lipinski definition) is 1. The third-order valence-electron chi connectivity index (χ3n) is 0.714. The third kappa shape index (κ3) is 31.6. The summed E-state index contributed by atoms with van der Waals surface area (Å²) in [5.41, 5.74) is 0.241. The Labute approximate surface area is 133 Å². The molecule has 4 nitrogen and oxygen atoms in total. The summed E-state index contributed by atoms with van der Waals surface area (Å²) in [5, 5.41) is 17.4. The molecular weight excluding hydrogens is 223 g/mol. The normalized spacial score (nSPS) is 6.27. The molecule has 15 heavy (non-hydrogen) atoms. The molecule has 0 bridgehead atoms. The Morgan fingerprint density at radius 2 is 1.20 bits per heavy atom. The van der Waals surface area contributed by atoms with Gasteiger partial charge in [0.1, 0.15) is 0 Å². The van der Waals surface area contributed by atoms with E-state index in [1.807, 2.05) is 0 Å². The minimum absolute atomic E-state index is 0. The molecule has 0 unspecified atom stereocenters. The van der Waals surface area contributed by atoms with Crippen molar-refractivity contribution in [3.63, 3.8) is 0 Å². The van der Waals surface area contributed by atoms with Crippen LogP contribution >= 0.6 is 0 Å². The van der Waals surface area contributed by atoms with Crippen LogP contribution in [0.1, 0.15) is 13.8 Å². The number of carboxylic acid groups (broad SMARTS) is 2. The second-order valence-electron chi connectivity index (χ2n) is 2.15. The van der Waals surface area contributed by atoms with Gasteiger partial charge in [-0.15, -0.1) is 13.2 Å². The summed E-state index contributed by atoms with van der Waals surface area (Å²) < 4.78 is 0. The molecule has 0 fully saturated rings. The molecule has 5 heteroatoms. The maximum absolute atomic E-state index is 9.60. The van der Waals surface area contributed by atoms with Crippen LogP contribution in [0.2, 0.25) is 0 Å². The quantitative estimate of drug-likeness (QED) is 0.335. The van der Waals surface area contributed by atoms with Gasteiger partial charge in [0.15, 0.2) is 0 Å². The van der Waals surface area contributed by atoms with E-state index in [2.05, 4.69) is 26.3 Å². The molecule has 0 aliphatic rings. The molecule has 0 saturated heterocycles. The van der Waals surface area contributed by atoms with Crippen molar-refractivity contribution in [2.75, 3.05) is 0 Å². The molecule has 80 valence electrons. The average molecular weight is 238 g/mol. The van der Waals surface area contributed by atoms with Crippen LogP contribution in [0.4, 0.5) is 0 Å². The summed E-state index contributed by atoms with van der Waals surface area (Å²) in [6, 6.07) is 0. The van der Waals surface area contributed by atoms with Crippen molar-refractivity contribution in [3.8, 4) is 0 Å². The zero-order chi connectivity index (χ0) is 12.3. The van der Waals surface area contributed by atoms with Crippen LogP contribution in [-0.2, 0) is 9.59 Å². The molecule has 0 aromatic rings. The Balaban J connectivity index is -0.0000000653. The van der Waals surface area contributed by atoms with Crippen molar-refractivity contribution in [2.45, 2.75) is 13.8 Å². The summed E-state index contributed by atoms with van der Waals surface area (Å²) in [6.45, 7) is 15.1. The molecule has 0 aromatic heterocycles. The van der Waals surface area contributed by atoms with Gasteiger partial charge in [0, 0.05) is 5.57 Å². The largest absolute Gasteiger partial charge is 1.00 e. The Morgan fingerprint density at radius 1 is 1.07 bits per heavy atom. The van der Waals surface area contributed by atoms with Gasteiger partial charge < -0.3 is 15.0 Å². The zero-order valence-corrected chi connectivity index (χ0v) is 12.6. The maximum Gasteiger partial charge on any atom is 1.00 e. The molecular formula is C10H15KO4. The van der Waals surface area contributed by atoms with E-state index in [9.17, 15) is 14.7 Å². The second-order valence-corrected chi connectivity index (χ2v) is 2.15. The van der Waals surface area contributed by atoms with Crippen molar-refractivity contribution in [2.24, 2.45) is 0 Å². The molecule has 0 aromatic carbocycles. The Kier molecular flexibility index (Phi) is 26.2. The topological polar surface area (TPSA) is 77.4 Å². The fourth-order valence-corrected chi connectivity index (χ4v) is 0. The average Bonchev–Trinajstić information content (AvgIpc) is 2.08. The monoisotopic (exact) mass is 238 g/mol. The van der Waals surface area contributed by atoms with E-state index in [0.717, 1.165) is 0 Å². The van der Waals surface area contributed by atoms with Crippen molar-refractivity contribution in [3.05, 3.63) is 37.5 Å². The van der Waals surface area contributed by atoms with Crippen LogP contribution < -0.4 is 56.5 Å². The fraction of sp³-hybridized carbons (Fsp3) is 0.200. The molecule has 0 rings (SSSR count). The van der Waals surface area contributed by atoms with Crippen LogP contribution in [0.15, 0.2) is 37.5 Å². The van der Waals surface area contributed by atoms with Gasteiger partial charge >= 0.3 is 57.4 Å². The van der Waals surface area contributed by atoms with Gasteiger partial charge in [-0.2, -0.15) is 0 Å². The Morgan fingerprint density at radius 3 is 1.20 bits per heavy atom. The van der Waals surface area contributed by atoms with E-state index in [0.29, 0.717) is 0 Å². The molecule has 0 aliphatic heterocycles. The van der Waals surface area contributed by atoms with Gasteiger partial charge in [0.05, 0.1) is 5.97 Å². The number of carboxylic acids is 2. The van der Waals surface area contributed by atoms with Crippen molar-refractivity contribution in [1.29, 1.82) is 0 Å². The predicted octanol–water partition coefficient (Wildman–Crippen LogP) is -2.23. The van der Waals surface area contributed by atoms with Crippen LogP contribution in [0.5, 0.6) is 0 Å². The molecule has 0 aliphatic carbocycles. The Bertz CT molecular complexity index is 186. The van der Waals surface area contributed by atoms with Crippen molar-refractivity contribution in [1.82, 2.24) is 0 Å². The number of hydrogen-bond acceptors (Lipinski definition) is 3. The fourth-order valence-electron chi connectivity index (χ4n) is 0. The van der Waals surface area contributed by atoms with Crippen LogP contribution in [0.25, 0.3) is 0 Å². The van der Waals surface area contributed by atoms with E-state index >= 15 is 0 Å². The molecule has 0 saturated carbocycles. The smallest absolute Gasteiger partial charge is 0.545 e. The minimum Gasteiger partial charge on any atom is -0.545 e. The van der Waals surface area contributed by atoms with E-state index in [1.54, 1.807) is 0 Å². The Hall–Kier alpha value is -0.204. The second kappa shape index (κ2) is 16.2. The van der Waals surface area contributed by atoms with E-state index in [4.69, 9.17) is 5.11 Å². The molecule has 0 heterocycles. The van der Waals surface area contributed by atoms with Crippen molar-refractivity contribution >= 4 is 11.9 Å². The summed E-state index contributed by atoms with van der Waals surface area (Å²) in [5.74, 6) is -2.12. The first-order valence-electron chi connectivity index (χ1n) is 3.54. The van der Waals surface area contributed by atoms with Gasteiger partial charge in [0.2, 0.25) is 0 Å². The van der Waals surface area contributed by atoms with E-state index in [-0.39, 0.29) is 62.5 Å². The van der Waals surface area contributed by atoms with Gasteiger partial charge in [-0.05, 0) is 19.4 Å². The SMILES string of the molecule is C=C.C=C(C)C(=O)O.C=C(C)C(=O)[O-].[K+]. The molecule has 0 atom stereocenters. The molecule has 0 radical (unpaired) electrons. The first-order chi connectivity index (χ1) is 6.29. The number of carbonyl (C=O) groups excluding carboxylic acids is 1. The van der Waals surface area contributed by atoms with E-state index in [1.165, 1.54) is 13.8 Å². The van der Waals surface area contributed by atoms with Crippen LogP contribution in [0, 0.1) is 0 Å². The van der Waals surface area contributed by atoms with Crippen LogP contribution in [-0.4, -0.2) is 17.0 Å². The predicted molar refractivity (Wildman–Crippen MR) is 53.5 cm³/mol. The van der Waals surface area contributed by atoms with Crippen molar-refractivity contribution < 1.29 is 71.2 Å². The first-order valence-corrected chi connectivity index (χ1v) is 3.54. The summed E-state index contributed by atoms with van der Waals surface area (Å²) >= 11 is 0. The zero-order valence-electron chi connectivity index (χ0n) is 9.50. The van der Waals surface area contributed by atoms with Gasteiger partial charge in [-0.3, -0.25) is 0 Å². The maximum atomic E-state index is 9.60. The summed E-state index contributed by atoms with van der Waals surface area (Å²) in [4.78, 5) is 19.1. The van der Waals surface area contributed by atoms with Gasteiger partial charge in [0.25, 0.3) is 0 Å². The van der Waals surface area contributed by atoms with E-state index < -0.39 is 11.9 Å². The molecule has 0 spiro atoms. The summed E-state index contributed by atoms with van der Waals surface area (Å²) in [6.07, 6.45) is 0. The number of carbonyl (C=O) groups is 2. The minimum atomic E-state index is -1.19.